The van der Waals surface area contributed by atoms with Gasteiger partial charge in [0.05, 0.1) is 23.9 Å². The second-order valence-corrected chi connectivity index (χ2v) is 7.58. The molecule has 2 aromatic rings. The summed E-state index contributed by atoms with van der Waals surface area (Å²) < 4.78 is 5.11. The lowest BCUT2D eigenvalue weighted by molar-refractivity contribution is 0.0523. The fourth-order valence-electron chi connectivity index (χ4n) is 3.96. The molecular weight excluding hydrogens is 382 g/mol. The number of ketones is 1. The zero-order valence-electron chi connectivity index (χ0n) is 18.0. The topological polar surface area (TPSA) is 82.7 Å². The van der Waals surface area contributed by atoms with Gasteiger partial charge in [0.1, 0.15) is 0 Å². The second kappa shape index (κ2) is 9.26. The Bertz CT molecular complexity index is 927. The molecule has 0 aliphatic carbocycles. The average Bonchev–Trinajstić information content (AvgIpc) is 3.07. The van der Waals surface area contributed by atoms with Crippen LogP contribution in [-0.2, 0) is 4.74 Å². The van der Waals surface area contributed by atoms with Gasteiger partial charge in [-0.3, -0.25) is 14.5 Å². The highest BCUT2D eigenvalue weighted by atomic mass is 16.5. The molecule has 3 rings (SSSR count). The molecule has 1 aliphatic rings. The number of Topliss-reactive ketones (excluding diaryl/α,β-unsaturated/α-hetero) is 1. The number of nitrogens with one attached hydrogen (secondary N) is 1. The molecule has 1 aromatic heterocycles. The molecule has 1 fully saturated rings. The summed E-state index contributed by atoms with van der Waals surface area (Å²) in [6.07, 6.45) is 0. The number of aryl methyl sites for hydroxylation is 1. The van der Waals surface area contributed by atoms with Crippen molar-refractivity contribution in [1.29, 1.82) is 0 Å². The molecule has 0 radical (unpaired) electrons. The molecule has 0 unspecified atom stereocenters. The van der Waals surface area contributed by atoms with E-state index >= 15 is 0 Å². The van der Waals surface area contributed by atoms with Gasteiger partial charge in [-0.1, -0.05) is 18.2 Å². The molecule has 0 saturated carbocycles. The van der Waals surface area contributed by atoms with E-state index in [9.17, 15) is 14.4 Å². The number of H-pyrrole nitrogens is 1. The molecule has 1 aromatic carbocycles. The normalized spacial score (nSPS) is 15.7. The summed E-state index contributed by atoms with van der Waals surface area (Å²) in [5.74, 6) is -0.457. The Morgan fingerprint density at radius 1 is 1.07 bits per heavy atom. The van der Waals surface area contributed by atoms with Crippen LogP contribution in [0.3, 0.4) is 0 Å². The quantitative estimate of drug-likeness (QED) is 0.584. The van der Waals surface area contributed by atoms with Gasteiger partial charge in [0, 0.05) is 37.4 Å². The van der Waals surface area contributed by atoms with E-state index in [0.29, 0.717) is 54.3 Å². The third-order valence-electron chi connectivity index (χ3n) is 5.71. The Kier molecular flexibility index (Phi) is 6.72. The summed E-state index contributed by atoms with van der Waals surface area (Å²) in [4.78, 5) is 45.0. The number of hydrogen-bond acceptors (Lipinski definition) is 5. The predicted octanol–water partition coefficient (Wildman–Crippen LogP) is 2.84. The molecule has 1 saturated heterocycles. The lowest BCUT2D eigenvalue weighted by Crippen LogP contribution is -2.53. The Hall–Kier alpha value is -2.93. The molecule has 1 aliphatic heterocycles. The largest absolute Gasteiger partial charge is 0.462 e. The minimum absolute atomic E-state index is 0.0177. The number of aromatic amines is 1. The van der Waals surface area contributed by atoms with Crippen LogP contribution < -0.4 is 0 Å². The minimum Gasteiger partial charge on any atom is -0.462 e. The number of carbonyl (C=O) groups is 3. The smallest absolute Gasteiger partial charge is 0.340 e. The van der Waals surface area contributed by atoms with E-state index in [1.54, 1.807) is 20.8 Å². The van der Waals surface area contributed by atoms with E-state index in [1.165, 1.54) is 0 Å². The molecular formula is C23H29N3O4. The van der Waals surface area contributed by atoms with Crippen LogP contribution in [0.4, 0.5) is 0 Å². The van der Waals surface area contributed by atoms with Gasteiger partial charge in [-0.2, -0.15) is 0 Å². The van der Waals surface area contributed by atoms with E-state index in [1.807, 2.05) is 42.2 Å². The summed E-state index contributed by atoms with van der Waals surface area (Å²) in [6, 6.07) is 8.88. The van der Waals surface area contributed by atoms with Crippen molar-refractivity contribution in [2.75, 3.05) is 32.8 Å². The van der Waals surface area contributed by atoms with Crippen molar-refractivity contribution in [3.8, 4) is 0 Å². The van der Waals surface area contributed by atoms with Gasteiger partial charge < -0.3 is 14.6 Å². The number of carbonyl (C=O) groups excluding carboxylic acids is 3. The van der Waals surface area contributed by atoms with Crippen LogP contribution in [0.25, 0.3) is 0 Å². The summed E-state index contributed by atoms with van der Waals surface area (Å²) in [5.41, 5.74) is 2.83. The molecule has 1 amide bonds. The zero-order valence-corrected chi connectivity index (χ0v) is 18.0. The van der Waals surface area contributed by atoms with E-state index in [0.717, 1.165) is 0 Å². The average molecular weight is 412 g/mol. The molecule has 160 valence electrons. The maximum atomic E-state index is 13.1. The van der Waals surface area contributed by atoms with Crippen LogP contribution in [0.5, 0.6) is 0 Å². The molecule has 1 atom stereocenters. The first-order valence-electron chi connectivity index (χ1n) is 10.3. The molecule has 7 heteroatoms. The summed E-state index contributed by atoms with van der Waals surface area (Å²) >= 11 is 0. The highest BCUT2D eigenvalue weighted by Crippen LogP contribution is 2.22. The number of hydrogen-bond donors (Lipinski definition) is 1. The fourth-order valence-corrected chi connectivity index (χ4v) is 3.96. The van der Waals surface area contributed by atoms with Crippen molar-refractivity contribution in [3.63, 3.8) is 0 Å². The second-order valence-electron chi connectivity index (χ2n) is 7.58. The number of rotatable bonds is 6. The van der Waals surface area contributed by atoms with Crippen molar-refractivity contribution in [1.82, 2.24) is 14.8 Å². The Morgan fingerprint density at radius 3 is 2.30 bits per heavy atom. The number of nitrogens with zero attached hydrogens (tertiary/aromatic N) is 2. The van der Waals surface area contributed by atoms with Gasteiger partial charge in [0.2, 0.25) is 0 Å². The van der Waals surface area contributed by atoms with Crippen LogP contribution in [0.2, 0.25) is 0 Å². The van der Waals surface area contributed by atoms with Gasteiger partial charge >= 0.3 is 5.97 Å². The van der Waals surface area contributed by atoms with Crippen molar-refractivity contribution >= 4 is 17.7 Å². The monoisotopic (exact) mass is 411 g/mol. The molecule has 1 N–H and O–H groups in total. The van der Waals surface area contributed by atoms with Crippen LogP contribution in [0, 0.1) is 13.8 Å². The van der Waals surface area contributed by atoms with E-state index in [-0.39, 0.29) is 24.3 Å². The highest BCUT2D eigenvalue weighted by molar-refractivity contribution is 6.03. The third kappa shape index (κ3) is 4.31. The number of benzene rings is 1. The summed E-state index contributed by atoms with van der Waals surface area (Å²) in [6.45, 7) is 9.84. The first kappa shape index (κ1) is 21.8. The van der Waals surface area contributed by atoms with Crippen molar-refractivity contribution in [2.24, 2.45) is 0 Å². The number of aromatic nitrogens is 1. The zero-order chi connectivity index (χ0) is 21.8. The first-order chi connectivity index (χ1) is 14.3. The summed E-state index contributed by atoms with van der Waals surface area (Å²) in [5, 5.41) is 0. The van der Waals surface area contributed by atoms with Gasteiger partial charge in [-0.15, -0.1) is 0 Å². The number of ether oxygens (including phenoxy) is 1. The maximum absolute atomic E-state index is 13.1. The lowest BCUT2D eigenvalue weighted by atomic mass is 10.0. The first-order valence-corrected chi connectivity index (χ1v) is 10.3. The lowest BCUT2D eigenvalue weighted by Gasteiger charge is -2.37. The van der Waals surface area contributed by atoms with Crippen LogP contribution in [-0.4, -0.2) is 71.3 Å². The standard InChI is InChI=1S/C23H29N3O4/c1-5-30-23(29)19-15(2)20(24-16(19)3)21(27)17(4)25-11-13-26(14-12-25)22(28)18-9-7-6-8-10-18/h6-10,17,24H,5,11-14H2,1-4H3/t17-/m0/s1. The molecule has 0 spiro atoms. The maximum Gasteiger partial charge on any atom is 0.340 e. The van der Waals surface area contributed by atoms with Gasteiger partial charge in [0.15, 0.2) is 5.78 Å². The number of esters is 1. The van der Waals surface area contributed by atoms with Crippen molar-refractivity contribution in [2.45, 2.75) is 33.7 Å². The molecule has 0 bridgehead atoms. The van der Waals surface area contributed by atoms with E-state index in [4.69, 9.17) is 4.74 Å². The summed E-state index contributed by atoms with van der Waals surface area (Å²) in [7, 11) is 0. The van der Waals surface area contributed by atoms with E-state index < -0.39 is 5.97 Å². The van der Waals surface area contributed by atoms with Gasteiger partial charge in [0.25, 0.3) is 5.91 Å². The Labute approximate surface area is 177 Å². The van der Waals surface area contributed by atoms with Crippen molar-refractivity contribution < 1.29 is 19.1 Å². The third-order valence-corrected chi connectivity index (χ3v) is 5.71. The highest BCUT2D eigenvalue weighted by Gasteiger charge is 2.31. The Balaban J connectivity index is 1.66. The predicted molar refractivity (Wildman–Crippen MR) is 114 cm³/mol. The molecule has 7 nitrogen and oxygen atoms in total. The Morgan fingerprint density at radius 2 is 1.70 bits per heavy atom. The van der Waals surface area contributed by atoms with Gasteiger partial charge in [-0.05, 0) is 45.4 Å². The molecule has 30 heavy (non-hydrogen) atoms. The van der Waals surface area contributed by atoms with Gasteiger partial charge in [-0.25, -0.2) is 4.79 Å². The molecule has 2 heterocycles. The number of piperazine rings is 1. The minimum atomic E-state index is -0.413. The van der Waals surface area contributed by atoms with Crippen molar-refractivity contribution in [3.05, 3.63) is 58.4 Å². The van der Waals surface area contributed by atoms with E-state index in [2.05, 4.69) is 9.88 Å². The SMILES string of the molecule is CCOC(=O)c1c(C)[nH]c(C(=O)[C@H](C)N2CCN(C(=O)c3ccccc3)CC2)c1C. The van der Waals surface area contributed by atoms with Crippen LogP contribution in [0.15, 0.2) is 30.3 Å². The van der Waals surface area contributed by atoms with Crippen LogP contribution in [0.1, 0.15) is 56.3 Å². The number of amides is 1. The van der Waals surface area contributed by atoms with Crippen LogP contribution >= 0.6 is 0 Å². The fraction of sp³-hybridized carbons (Fsp3) is 0.435.